The molecular formula is C12H20N2O2. The Morgan fingerprint density at radius 1 is 1.19 bits per heavy atom. The van der Waals surface area contributed by atoms with Crippen molar-refractivity contribution in [3.05, 3.63) is 11.7 Å². The van der Waals surface area contributed by atoms with Gasteiger partial charge in [-0.25, -0.2) is 0 Å². The average molecular weight is 224 g/mol. The van der Waals surface area contributed by atoms with Crippen LogP contribution in [0.3, 0.4) is 0 Å². The molecule has 1 fully saturated rings. The number of hydrogen-bond acceptors (Lipinski definition) is 4. The van der Waals surface area contributed by atoms with Gasteiger partial charge in [0.2, 0.25) is 0 Å². The molecule has 0 saturated heterocycles. The second kappa shape index (κ2) is 5.43. The molecule has 16 heavy (non-hydrogen) atoms. The Morgan fingerprint density at radius 2 is 1.81 bits per heavy atom. The van der Waals surface area contributed by atoms with Crippen LogP contribution < -0.4 is 0 Å². The van der Waals surface area contributed by atoms with Gasteiger partial charge in [0.25, 0.3) is 5.89 Å². The Morgan fingerprint density at radius 3 is 2.38 bits per heavy atom. The lowest BCUT2D eigenvalue weighted by Crippen LogP contribution is -2.04. The minimum Gasteiger partial charge on any atom is -0.384 e. The van der Waals surface area contributed by atoms with Crippen molar-refractivity contribution in [2.45, 2.75) is 63.9 Å². The SMILES string of the molecule is C[C@H](O)c1nc(C2CCCCCCC2)no1. The lowest BCUT2D eigenvalue weighted by atomic mass is 9.91. The van der Waals surface area contributed by atoms with Crippen LogP contribution in [0.15, 0.2) is 4.52 Å². The Balaban J connectivity index is 2.02. The molecular weight excluding hydrogens is 204 g/mol. The molecule has 2 rings (SSSR count). The molecule has 1 N–H and O–H groups in total. The van der Waals surface area contributed by atoms with E-state index in [2.05, 4.69) is 10.1 Å². The van der Waals surface area contributed by atoms with Crippen LogP contribution in [0.25, 0.3) is 0 Å². The lowest BCUT2D eigenvalue weighted by Gasteiger charge is -2.15. The first-order chi connectivity index (χ1) is 7.77. The van der Waals surface area contributed by atoms with E-state index >= 15 is 0 Å². The van der Waals surface area contributed by atoms with Gasteiger partial charge in [0.15, 0.2) is 5.82 Å². The van der Waals surface area contributed by atoms with Gasteiger partial charge in [-0.3, -0.25) is 0 Å². The summed E-state index contributed by atoms with van der Waals surface area (Å²) in [6.45, 7) is 1.65. The fourth-order valence-corrected chi connectivity index (χ4v) is 2.30. The van der Waals surface area contributed by atoms with Gasteiger partial charge in [-0.1, -0.05) is 37.3 Å². The van der Waals surface area contributed by atoms with E-state index in [-0.39, 0.29) is 0 Å². The van der Waals surface area contributed by atoms with E-state index in [9.17, 15) is 5.11 Å². The van der Waals surface area contributed by atoms with Crippen molar-refractivity contribution in [1.29, 1.82) is 0 Å². The summed E-state index contributed by atoms with van der Waals surface area (Å²) in [7, 11) is 0. The largest absolute Gasteiger partial charge is 0.384 e. The molecule has 0 aliphatic heterocycles. The molecule has 0 bridgehead atoms. The van der Waals surface area contributed by atoms with Crippen LogP contribution in [0.1, 0.15) is 75.6 Å². The zero-order valence-electron chi connectivity index (χ0n) is 9.85. The van der Waals surface area contributed by atoms with Crippen molar-refractivity contribution in [3.63, 3.8) is 0 Å². The van der Waals surface area contributed by atoms with Gasteiger partial charge in [-0.15, -0.1) is 0 Å². The van der Waals surface area contributed by atoms with Crippen LogP contribution in [0, 0.1) is 0 Å². The highest BCUT2D eigenvalue weighted by Gasteiger charge is 2.20. The molecule has 0 unspecified atom stereocenters. The maximum absolute atomic E-state index is 9.34. The number of nitrogens with zero attached hydrogens (tertiary/aromatic N) is 2. The maximum Gasteiger partial charge on any atom is 0.255 e. The van der Waals surface area contributed by atoms with Crippen molar-refractivity contribution in [1.82, 2.24) is 10.1 Å². The molecule has 1 aromatic rings. The van der Waals surface area contributed by atoms with Crippen molar-refractivity contribution in [2.24, 2.45) is 0 Å². The first kappa shape index (κ1) is 11.6. The van der Waals surface area contributed by atoms with Gasteiger partial charge in [0.1, 0.15) is 6.10 Å². The van der Waals surface area contributed by atoms with Gasteiger partial charge in [-0.2, -0.15) is 4.98 Å². The highest BCUT2D eigenvalue weighted by atomic mass is 16.5. The summed E-state index contributed by atoms with van der Waals surface area (Å²) in [6.07, 6.45) is 8.15. The summed E-state index contributed by atoms with van der Waals surface area (Å²) in [5, 5.41) is 13.3. The fraction of sp³-hybridized carbons (Fsp3) is 0.833. The fourth-order valence-electron chi connectivity index (χ4n) is 2.30. The smallest absolute Gasteiger partial charge is 0.255 e. The molecule has 1 atom stereocenters. The average Bonchev–Trinajstić information content (AvgIpc) is 2.66. The predicted octanol–water partition coefficient (Wildman–Crippen LogP) is 2.95. The monoisotopic (exact) mass is 224 g/mol. The van der Waals surface area contributed by atoms with Crippen molar-refractivity contribution in [3.8, 4) is 0 Å². The molecule has 0 radical (unpaired) electrons. The first-order valence-electron chi connectivity index (χ1n) is 6.29. The van der Waals surface area contributed by atoms with Crippen LogP contribution in [-0.4, -0.2) is 15.2 Å². The van der Waals surface area contributed by atoms with Crippen LogP contribution in [-0.2, 0) is 0 Å². The number of aliphatic hydroxyl groups excluding tert-OH is 1. The summed E-state index contributed by atoms with van der Waals surface area (Å²) >= 11 is 0. The molecule has 1 aliphatic rings. The minimum atomic E-state index is -0.658. The van der Waals surface area contributed by atoms with E-state index in [1.807, 2.05) is 0 Å². The van der Waals surface area contributed by atoms with Crippen molar-refractivity contribution >= 4 is 0 Å². The molecule has 0 amide bonds. The number of aromatic nitrogens is 2. The summed E-state index contributed by atoms with van der Waals surface area (Å²) in [5.74, 6) is 1.56. The van der Waals surface area contributed by atoms with Gasteiger partial charge < -0.3 is 9.63 Å². The quantitative estimate of drug-likeness (QED) is 0.839. The zero-order chi connectivity index (χ0) is 11.4. The third-order valence-corrected chi connectivity index (χ3v) is 3.29. The Hall–Kier alpha value is -0.900. The number of rotatable bonds is 2. The van der Waals surface area contributed by atoms with Crippen molar-refractivity contribution < 1.29 is 9.63 Å². The van der Waals surface area contributed by atoms with Gasteiger partial charge >= 0.3 is 0 Å². The van der Waals surface area contributed by atoms with E-state index in [4.69, 9.17) is 4.52 Å². The second-order valence-electron chi connectivity index (χ2n) is 4.71. The number of hydrogen-bond donors (Lipinski definition) is 1. The second-order valence-corrected chi connectivity index (χ2v) is 4.71. The molecule has 1 saturated carbocycles. The van der Waals surface area contributed by atoms with E-state index in [0.29, 0.717) is 11.8 Å². The van der Waals surface area contributed by atoms with Crippen LogP contribution in [0.4, 0.5) is 0 Å². The van der Waals surface area contributed by atoms with Gasteiger partial charge in [-0.05, 0) is 19.8 Å². The van der Waals surface area contributed by atoms with Crippen LogP contribution in [0.2, 0.25) is 0 Å². The Bertz CT molecular complexity index is 315. The molecule has 1 aliphatic carbocycles. The maximum atomic E-state index is 9.34. The summed E-state index contributed by atoms with van der Waals surface area (Å²) in [6, 6.07) is 0. The van der Waals surface area contributed by atoms with E-state index in [1.165, 1.54) is 32.1 Å². The third-order valence-electron chi connectivity index (χ3n) is 3.29. The summed E-state index contributed by atoms with van der Waals surface area (Å²) in [5.41, 5.74) is 0. The summed E-state index contributed by atoms with van der Waals surface area (Å²) < 4.78 is 5.04. The van der Waals surface area contributed by atoms with Crippen molar-refractivity contribution in [2.75, 3.05) is 0 Å². The van der Waals surface area contributed by atoms with Crippen LogP contribution in [0.5, 0.6) is 0 Å². The molecule has 1 aromatic heterocycles. The zero-order valence-corrected chi connectivity index (χ0v) is 9.85. The minimum absolute atomic E-state index is 0.344. The Labute approximate surface area is 96.1 Å². The standard InChI is InChI=1S/C12H20N2O2/c1-9(15)12-13-11(14-16-12)10-7-5-3-2-4-6-8-10/h9-10,15H,2-8H2,1H3/t9-/m0/s1. The van der Waals surface area contributed by atoms with Gasteiger partial charge in [0.05, 0.1) is 0 Å². The molecule has 4 nitrogen and oxygen atoms in total. The molecule has 1 heterocycles. The van der Waals surface area contributed by atoms with Gasteiger partial charge in [0, 0.05) is 5.92 Å². The predicted molar refractivity (Wildman–Crippen MR) is 60.0 cm³/mol. The van der Waals surface area contributed by atoms with E-state index < -0.39 is 6.10 Å². The lowest BCUT2D eigenvalue weighted by molar-refractivity contribution is 0.151. The first-order valence-corrected chi connectivity index (χ1v) is 6.29. The summed E-state index contributed by atoms with van der Waals surface area (Å²) in [4.78, 5) is 4.28. The Kier molecular flexibility index (Phi) is 3.93. The van der Waals surface area contributed by atoms with Crippen LogP contribution >= 0.6 is 0 Å². The third kappa shape index (κ3) is 2.82. The normalized spacial score (nSPS) is 21.4. The highest BCUT2D eigenvalue weighted by Crippen LogP contribution is 2.29. The van der Waals surface area contributed by atoms with E-state index in [0.717, 1.165) is 18.7 Å². The molecule has 0 aromatic carbocycles. The molecule has 90 valence electrons. The molecule has 0 spiro atoms. The topological polar surface area (TPSA) is 59.2 Å². The number of aliphatic hydroxyl groups is 1. The molecule has 4 heteroatoms. The van der Waals surface area contributed by atoms with E-state index in [1.54, 1.807) is 6.92 Å². The highest BCUT2D eigenvalue weighted by molar-refractivity contribution is 4.97.